The van der Waals surface area contributed by atoms with E-state index in [1.165, 1.54) is 14.2 Å². The second kappa shape index (κ2) is 9.08. The van der Waals surface area contributed by atoms with Crippen molar-refractivity contribution in [1.82, 2.24) is 0 Å². The minimum atomic E-state index is -0.855. The van der Waals surface area contributed by atoms with Crippen molar-refractivity contribution in [3.8, 4) is 11.5 Å². The number of ether oxygens (including phenoxy) is 2. The standard InChI is InChI=1S/C18H24O6/c1-11(6-8-16(20)21)5-7-13-17(22)14(9-19)15(10-23-3)12(2)18(13)24-4/h5,9,22H,6-8,10H2,1-4H3,(H,20,21)/b11-5+. The SMILES string of the molecule is COCc1c(C)c(OC)c(C/C=C(\C)CCC(=O)O)c(O)c1C=O. The van der Waals surface area contributed by atoms with E-state index in [0.717, 1.165) is 11.1 Å². The van der Waals surface area contributed by atoms with Crippen LogP contribution in [-0.2, 0) is 22.6 Å². The molecule has 0 saturated heterocycles. The molecule has 0 aliphatic carbocycles. The summed E-state index contributed by atoms with van der Waals surface area (Å²) < 4.78 is 10.5. The number of allylic oxidation sites excluding steroid dienone is 2. The topological polar surface area (TPSA) is 93.1 Å². The normalized spacial score (nSPS) is 11.4. The largest absolute Gasteiger partial charge is 0.507 e. The first kappa shape index (κ1) is 19.7. The number of carboxylic acids is 1. The number of aromatic hydroxyl groups is 1. The Bertz CT molecular complexity index is 646. The van der Waals surface area contributed by atoms with Gasteiger partial charge in [0, 0.05) is 19.1 Å². The minimum Gasteiger partial charge on any atom is -0.507 e. The summed E-state index contributed by atoms with van der Waals surface area (Å²) in [5.41, 5.74) is 2.93. The van der Waals surface area contributed by atoms with E-state index in [0.29, 0.717) is 36.0 Å². The molecule has 0 heterocycles. The molecule has 0 saturated carbocycles. The molecule has 0 aliphatic heterocycles. The lowest BCUT2D eigenvalue weighted by Crippen LogP contribution is -2.05. The van der Waals surface area contributed by atoms with Gasteiger partial charge in [0.2, 0.25) is 0 Å². The molecule has 0 fully saturated rings. The summed E-state index contributed by atoms with van der Waals surface area (Å²) >= 11 is 0. The van der Waals surface area contributed by atoms with Gasteiger partial charge in [-0.15, -0.1) is 0 Å². The number of hydrogen-bond acceptors (Lipinski definition) is 5. The number of methoxy groups -OCH3 is 2. The molecule has 0 aromatic heterocycles. The predicted molar refractivity (Wildman–Crippen MR) is 89.8 cm³/mol. The molecule has 0 amide bonds. The highest BCUT2D eigenvalue weighted by Gasteiger charge is 2.21. The molecule has 0 aliphatic rings. The van der Waals surface area contributed by atoms with E-state index in [2.05, 4.69) is 0 Å². The molecule has 132 valence electrons. The average molecular weight is 336 g/mol. The van der Waals surface area contributed by atoms with E-state index in [9.17, 15) is 14.7 Å². The van der Waals surface area contributed by atoms with Gasteiger partial charge in [0.25, 0.3) is 0 Å². The van der Waals surface area contributed by atoms with E-state index in [-0.39, 0.29) is 24.3 Å². The molecular weight excluding hydrogens is 312 g/mol. The van der Waals surface area contributed by atoms with Gasteiger partial charge in [-0.25, -0.2) is 0 Å². The van der Waals surface area contributed by atoms with Crippen molar-refractivity contribution in [3.05, 3.63) is 33.9 Å². The van der Waals surface area contributed by atoms with Crippen LogP contribution in [0.2, 0.25) is 0 Å². The Morgan fingerprint density at radius 2 is 1.88 bits per heavy atom. The maximum atomic E-state index is 11.4. The Labute approximate surface area is 141 Å². The van der Waals surface area contributed by atoms with Gasteiger partial charge in [0.15, 0.2) is 6.29 Å². The minimum absolute atomic E-state index is 0.0524. The van der Waals surface area contributed by atoms with Crippen LogP contribution < -0.4 is 4.74 Å². The van der Waals surface area contributed by atoms with Gasteiger partial charge < -0.3 is 19.7 Å². The van der Waals surface area contributed by atoms with Crippen LogP contribution in [0.15, 0.2) is 11.6 Å². The fourth-order valence-electron chi connectivity index (χ4n) is 2.58. The first-order chi connectivity index (χ1) is 11.4. The van der Waals surface area contributed by atoms with Crippen LogP contribution >= 0.6 is 0 Å². The van der Waals surface area contributed by atoms with E-state index in [1.54, 1.807) is 0 Å². The first-order valence-electron chi connectivity index (χ1n) is 7.60. The highest BCUT2D eigenvalue weighted by atomic mass is 16.5. The van der Waals surface area contributed by atoms with Gasteiger partial charge in [0.1, 0.15) is 11.5 Å². The summed E-state index contributed by atoms with van der Waals surface area (Å²) in [5.74, 6) is -0.472. The Balaban J connectivity index is 3.27. The number of phenolic OH excluding ortho intramolecular Hbond substituents is 1. The van der Waals surface area contributed by atoms with Crippen molar-refractivity contribution in [2.45, 2.75) is 39.7 Å². The van der Waals surface area contributed by atoms with Gasteiger partial charge in [-0.3, -0.25) is 9.59 Å². The number of carbonyl (C=O) groups is 2. The number of rotatable bonds is 9. The van der Waals surface area contributed by atoms with Crippen molar-refractivity contribution >= 4 is 12.3 Å². The molecule has 6 heteroatoms. The Morgan fingerprint density at radius 1 is 1.21 bits per heavy atom. The van der Waals surface area contributed by atoms with Crippen molar-refractivity contribution in [1.29, 1.82) is 0 Å². The number of hydrogen-bond donors (Lipinski definition) is 2. The number of aldehydes is 1. The number of carboxylic acid groups (broad SMARTS) is 1. The third-order valence-corrected chi connectivity index (χ3v) is 3.93. The number of benzene rings is 1. The first-order valence-corrected chi connectivity index (χ1v) is 7.60. The van der Waals surface area contributed by atoms with Crippen LogP contribution in [0, 0.1) is 6.92 Å². The molecule has 6 nitrogen and oxygen atoms in total. The van der Waals surface area contributed by atoms with Gasteiger partial charge in [-0.05, 0) is 37.8 Å². The lowest BCUT2D eigenvalue weighted by atomic mass is 9.94. The highest BCUT2D eigenvalue weighted by molar-refractivity contribution is 5.84. The van der Waals surface area contributed by atoms with Crippen LogP contribution in [0.25, 0.3) is 0 Å². The third kappa shape index (κ3) is 4.58. The van der Waals surface area contributed by atoms with Crippen LogP contribution in [0.1, 0.15) is 46.8 Å². The number of carbonyl (C=O) groups excluding carboxylic acids is 1. The smallest absolute Gasteiger partial charge is 0.303 e. The second-order valence-electron chi connectivity index (χ2n) is 5.58. The van der Waals surface area contributed by atoms with E-state index in [1.807, 2.05) is 19.9 Å². The molecule has 0 atom stereocenters. The van der Waals surface area contributed by atoms with Gasteiger partial charge in [-0.1, -0.05) is 11.6 Å². The summed E-state index contributed by atoms with van der Waals surface area (Å²) in [6, 6.07) is 0. The fourth-order valence-corrected chi connectivity index (χ4v) is 2.58. The monoisotopic (exact) mass is 336 g/mol. The zero-order valence-electron chi connectivity index (χ0n) is 14.5. The molecule has 0 spiro atoms. The molecule has 0 bridgehead atoms. The van der Waals surface area contributed by atoms with Crippen molar-refractivity contribution < 1.29 is 29.3 Å². The lowest BCUT2D eigenvalue weighted by Gasteiger charge is -2.18. The third-order valence-electron chi connectivity index (χ3n) is 3.93. The molecule has 2 N–H and O–H groups in total. The van der Waals surface area contributed by atoms with Gasteiger partial charge in [-0.2, -0.15) is 0 Å². The molecule has 0 unspecified atom stereocenters. The summed E-state index contributed by atoms with van der Waals surface area (Å²) in [6.07, 6.45) is 3.27. The molecular formula is C18H24O6. The second-order valence-corrected chi connectivity index (χ2v) is 5.58. The van der Waals surface area contributed by atoms with E-state index in [4.69, 9.17) is 14.6 Å². The molecule has 24 heavy (non-hydrogen) atoms. The van der Waals surface area contributed by atoms with Crippen LogP contribution in [-0.4, -0.2) is 36.7 Å². The summed E-state index contributed by atoms with van der Waals surface area (Å²) in [5, 5.41) is 19.2. The van der Waals surface area contributed by atoms with Gasteiger partial charge >= 0.3 is 5.97 Å². The molecule has 1 rings (SSSR count). The number of phenols is 1. The summed E-state index contributed by atoms with van der Waals surface area (Å²) in [6.45, 7) is 3.83. The fraction of sp³-hybridized carbons (Fsp3) is 0.444. The average Bonchev–Trinajstić information content (AvgIpc) is 2.54. The Hall–Kier alpha value is -2.34. The molecule has 1 aromatic rings. The maximum absolute atomic E-state index is 11.4. The zero-order valence-corrected chi connectivity index (χ0v) is 14.5. The van der Waals surface area contributed by atoms with Crippen LogP contribution in [0.3, 0.4) is 0 Å². The summed E-state index contributed by atoms with van der Waals surface area (Å²) in [4.78, 5) is 22.0. The van der Waals surface area contributed by atoms with Gasteiger partial charge in [0.05, 0.1) is 19.3 Å². The van der Waals surface area contributed by atoms with E-state index < -0.39 is 5.97 Å². The van der Waals surface area contributed by atoms with Crippen molar-refractivity contribution in [2.75, 3.05) is 14.2 Å². The van der Waals surface area contributed by atoms with Crippen LogP contribution in [0.5, 0.6) is 11.5 Å². The zero-order chi connectivity index (χ0) is 18.3. The lowest BCUT2D eigenvalue weighted by molar-refractivity contribution is -0.136. The highest BCUT2D eigenvalue weighted by Crippen LogP contribution is 2.38. The predicted octanol–water partition coefficient (Wildman–Crippen LogP) is 3.02. The number of aliphatic carboxylic acids is 1. The molecule has 0 radical (unpaired) electrons. The van der Waals surface area contributed by atoms with E-state index >= 15 is 0 Å². The van der Waals surface area contributed by atoms with Crippen LogP contribution in [0.4, 0.5) is 0 Å². The van der Waals surface area contributed by atoms with Crippen molar-refractivity contribution in [2.24, 2.45) is 0 Å². The summed E-state index contributed by atoms with van der Waals surface area (Å²) in [7, 11) is 3.02. The Kier molecular flexibility index (Phi) is 7.45. The Morgan fingerprint density at radius 3 is 2.38 bits per heavy atom. The van der Waals surface area contributed by atoms with Crippen molar-refractivity contribution in [3.63, 3.8) is 0 Å². The maximum Gasteiger partial charge on any atom is 0.303 e. The quantitative estimate of drug-likeness (QED) is 0.532. The molecule has 1 aromatic carbocycles.